The minimum atomic E-state index is -0.358. The van der Waals surface area contributed by atoms with Gasteiger partial charge in [-0.15, -0.1) is 0 Å². The zero-order valence-corrected chi connectivity index (χ0v) is 13.1. The number of likely N-dealkylation sites (N-methyl/N-ethyl adjacent to an activating group) is 1. The first kappa shape index (κ1) is 15.5. The molecular formula is C16H20N4O3. The van der Waals surface area contributed by atoms with E-state index < -0.39 is 0 Å². The summed E-state index contributed by atoms with van der Waals surface area (Å²) in [6.07, 6.45) is 3.88. The summed E-state index contributed by atoms with van der Waals surface area (Å²) in [6.45, 7) is 2.14. The standard InChI is InChI=1S/C16H20N4O3/c1-17-16(21)11-18-7-5-13(6-8-18)19-9-4-12-2-3-14(20(22)23)10-15(12)19/h2-4,9-10,13H,5-8,11H2,1H3,(H,17,21). The highest BCUT2D eigenvalue weighted by molar-refractivity contribution is 5.82. The Morgan fingerprint density at radius 1 is 1.35 bits per heavy atom. The second-order valence-electron chi connectivity index (χ2n) is 5.90. The van der Waals surface area contributed by atoms with Crippen LogP contribution in [0.4, 0.5) is 5.69 Å². The van der Waals surface area contributed by atoms with Crippen molar-refractivity contribution in [2.45, 2.75) is 18.9 Å². The Kier molecular flexibility index (Phi) is 4.29. The van der Waals surface area contributed by atoms with Crippen molar-refractivity contribution < 1.29 is 9.72 Å². The van der Waals surface area contributed by atoms with Crippen LogP contribution in [0, 0.1) is 10.1 Å². The smallest absolute Gasteiger partial charge is 0.271 e. The number of nitro groups is 1. The Morgan fingerprint density at radius 3 is 2.74 bits per heavy atom. The molecule has 23 heavy (non-hydrogen) atoms. The zero-order chi connectivity index (χ0) is 16.4. The van der Waals surface area contributed by atoms with Gasteiger partial charge < -0.3 is 9.88 Å². The maximum atomic E-state index is 11.4. The molecule has 0 atom stereocenters. The van der Waals surface area contributed by atoms with Crippen LogP contribution >= 0.6 is 0 Å². The zero-order valence-electron chi connectivity index (χ0n) is 13.1. The molecule has 1 aliphatic heterocycles. The van der Waals surface area contributed by atoms with Crippen molar-refractivity contribution in [1.29, 1.82) is 0 Å². The van der Waals surface area contributed by atoms with E-state index in [1.54, 1.807) is 25.2 Å². The predicted octanol–water partition coefficient (Wildman–Crippen LogP) is 1.93. The van der Waals surface area contributed by atoms with Crippen LogP contribution in [0.3, 0.4) is 0 Å². The normalized spacial score (nSPS) is 16.6. The molecule has 2 aromatic rings. The number of nitro benzene ring substituents is 1. The lowest BCUT2D eigenvalue weighted by Crippen LogP contribution is -2.40. The summed E-state index contributed by atoms with van der Waals surface area (Å²) in [5.74, 6) is 0.0329. The molecule has 0 unspecified atom stereocenters. The van der Waals surface area contributed by atoms with E-state index in [-0.39, 0.29) is 16.5 Å². The second kappa shape index (κ2) is 6.37. The van der Waals surface area contributed by atoms with Crippen molar-refractivity contribution in [3.05, 3.63) is 40.6 Å². The lowest BCUT2D eigenvalue weighted by atomic mass is 10.0. The van der Waals surface area contributed by atoms with Gasteiger partial charge in [0.15, 0.2) is 0 Å². The molecule has 0 radical (unpaired) electrons. The highest BCUT2D eigenvalue weighted by Crippen LogP contribution is 2.29. The number of likely N-dealkylation sites (tertiary alicyclic amines) is 1. The number of aromatic nitrogens is 1. The summed E-state index contributed by atoms with van der Waals surface area (Å²) >= 11 is 0. The molecule has 2 heterocycles. The Morgan fingerprint density at radius 2 is 2.09 bits per heavy atom. The Bertz CT molecular complexity index is 732. The molecule has 3 rings (SSSR count). The molecule has 0 aliphatic carbocycles. The molecule has 1 N–H and O–H groups in total. The molecule has 1 fully saturated rings. The number of carbonyl (C=O) groups is 1. The maximum absolute atomic E-state index is 11.4. The molecule has 0 saturated carbocycles. The fraction of sp³-hybridized carbons (Fsp3) is 0.438. The predicted molar refractivity (Wildman–Crippen MR) is 87.4 cm³/mol. The molecule has 122 valence electrons. The van der Waals surface area contributed by atoms with Gasteiger partial charge in [0, 0.05) is 49.9 Å². The van der Waals surface area contributed by atoms with Crippen LogP contribution in [0.2, 0.25) is 0 Å². The van der Waals surface area contributed by atoms with Crippen LogP contribution in [0.15, 0.2) is 30.5 Å². The van der Waals surface area contributed by atoms with Crippen molar-refractivity contribution in [2.75, 3.05) is 26.7 Å². The number of rotatable bonds is 4. The van der Waals surface area contributed by atoms with Gasteiger partial charge >= 0.3 is 0 Å². The Labute approximate surface area is 134 Å². The molecular weight excluding hydrogens is 296 g/mol. The van der Waals surface area contributed by atoms with Gasteiger partial charge in [0.2, 0.25) is 5.91 Å². The highest BCUT2D eigenvalue weighted by Gasteiger charge is 2.23. The summed E-state index contributed by atoms with van der Waals surface area (Å²) < 4.78 is 2.14. The van der Waals surface area contributed by atoms with Gasteiger partial charge in [-0.05, 0) is 25.0 Å². The van der Waals surface area contributed by atoms with Crippen LogP contribution in [-0.4, -0.2) is 47.0 Å². The topological polar surface area (TPSA) is 80.4 Å². The first-order valence-electron chi connectivity index (χ1n) is 7.76. The van der Waals surface area contributed by atoms with Crippen LogP contribution in [0.5, 0.6) is 0 Å². The number of non-ortho nitro benzene ring substituents is 1. The van der Waals surface area contributed by atoms with Gasteiger partial charge in [-0.25, -0.2) is 0 Å². The van der Waals surface area contributed by atoms with Gasteiger partial charge in [-0.3, -0.25) is 19.8 Å². The summed E-state index contributed by atoms with van der Waals surface area (Å²) in [7, 11) is 1.65. The molecule has 1 aromatic heterocycles. The fourth-order valence-electron chi connectivity index (χ4n) is 3.21. The highest BCUT2D eigenvalue weighted by atomic mass is 16.6. The summed E-state index contributed by atoms with van der Waals surface area (Å²) in [5, 5.41) is 14.6. The first-order valence-corrected chi connectivity index (χ1v) is 7.76. The fourth-order valence-corrected chi connectivity index (χ4v) is 3.21. The van der Waals surface area contributed by atoms with Gasteiger partial charge in [0.25, 0.3) is 5.69 Å². The Hall–Kier alpha value is -2.41. The molecule has 1 aliphatic rings. The lowest BCUT2D eigenvalue weighted by Gasteiger charge is -2.32. The van der Waals surface area contributed by atoms with E-state index in [1.165, 1.54) is 0 Å². The van der Waals surface area contributed by atoms with E-state index in [4.69, 9.17) is 0 Å². The SMILES string of the molecule is CNC(=O)CN1CCC(n2ccc3ccc([N+](=O)[O-])cc32)CC1. The van der Waals surface area contributed by atoms with E-state index in [2.05, 4.69) is 14.8 Å². The first-order chi connectivity index (χ1) is 11.1. The lowest BCUT2D eigenvalue weighted by molar-refractivity contribution is -0.384. The van der Waals surface area contributed by atoms with Gasteiger partial charge in [-0.2, -0.15) is 0 Å². The van der Waals surface area contributed by atoms with Gasteiger partial charge in [-0.1, -0.05) is 0 Å². The number of amides is 1. The van der Waals surface area contributed by atoms with E-state index >= 15 is 0 Å². The van der Waals surface area contributed by atoms with Crippen LogP contribution in [-0.2, 0) is 4.79 Å². The van der Waals surface area contributed by atoms with E-state index in [9.17, 15) is 14.9 Å². The number of piperidine rings is 1. The minimum Gasteiger partial charge on any atom is -0.358 e. The van der Waals surface area contributed by atoms with E-state index in [1.807, 2.05) is 12.3 Å². The van der Waals surface area contributed by atoms with E-state index in [0.717, 1.165) is 36.8 Å². The number of fused-ring (bicyclic) bond motifs is 1. The molecule has 0 bridgehead atoms. The van der Waals surface area contributed by atoms with Gasteiger partial charge in [0.1, 0.15) is 0 Å². The summed E-state index contributed by atoms with van der Waals surface area (Å²) in [6, 6.07) is 7.29. The average Bonchev–Trinajstić information content (AvgIpc) is 2.98. The number of carbonyl (C=O) groups excluding carboxylic acids is 1. The molecule has 7 nitrogen and oxygen atoms in total. The Balaban J connectivity index is 1.75. The second-order valence-corrected chi connectivity index (χ2v) is 5.90. The number of hydrogen-bond donors (Lipinski definition) is 1. The molecule has 0 spiro atoms. The molecule has 7 heteroatoms. The summed E-state index contributed by atoms with van der Waals surface area (Å²) in [4.78, 5) is 24.2. The largest absolute Gasteiger partial charge is 0.358 e. The average molecular weight is 316 g/mol. The molecule has 1 saturated heterocycles. The van der Waals surface area contributed by atoms with Crippen LogP contribution < -0.4 is 5.32 Å². The third-order valence-electron chi connectivity index (χ3n) is 4.51. The van der Waals surface area contributed by atoms with Crippen molar-refractivity contribution in [3.8, 4) is 0 Å². The maximum Gasteiger partial charge on any atom is 0.271 e. The van der Waals surface area contributed by atoms with Crippen LogP contribution in [0.1, 0.15) is 18.9 Å². The van der Waals surface area contributed by atoms with Crippen molar-refractivity contribution in [1.82, 2.24) is 14.8 Å². The number of hydrogen-bond acceptors (Lipinski definition) is 4. The number of nitrogens with zero attached hydrogens (tertiary/aromatic N) is 3. The molecule has 1 aromatic carbocycles. The van der Waals surface area contributed by atoms with Crippen molar-refractivity contribution in [3.63, 3.8) is 0 Å². The van der Waals surface area contributed by atoms with Crippen LogP contribution in [0.25, 0.3) is 10.9 Å². The van der Waals surface area contributed by atoms with Crippen molar-refractivity contribution in [2.24, 2.45) is 0 Å². The molecule has 1 amide bonds. The third-order valence-corrected chi connectivity index (χ3v) is 4.51. The monoisotopic (exact) mass is 316 g/mol. The number of nitrogens with one attached hydrogen (secondary N) is 1. The summed E-state index contributed by atoms with van der Waals surface area (Å²) in [5.41, 5.74) is 1.03. The van der Waals surface area contributed by atoms with E-state index in [0.29, 0.717) is 12.6 Å². The third kappa shape index (κ3) is 3.19. The van der Waals surface area contributed by atoms with Gasteiger partial charge in [0.05, 0.1) is 17.0 Å². The quantitative estimate of drug-likeness (QED) is 0.690. The van der Waals surface area contributed by atoms with Crippen molar-refractivity contribution >= 4 is 22.5 Å². The number of benzene rings is 1. The minimum absolute atomic E-state index is 0.0329.